The van der Waals surface area contributed by atoms with E-state index in [1.165, 1.54) is 27.6 Å². The van der Waals surface area contributed by atoms with Crippen molar-refractivity contribution in [2.45, 2.75) is 39.5 Å². The Hall–Kier alpha value is -1.19. The number of rotatable bonds is 6. The molecule has 1 aromatic carbocycles. The number of hydrogen-bond donors (Lipinski definition) is 1. The Morgan fingerprint density at radius 1 is 1.29 bits per heavy atom. The van der Waals surface area contributed by atoms with Gasteiger partial charge in [-0.25, -0.2) is 4.98 Å². The van der Waals surface area contributed by atoms with Crippen molar-refractivity contribution >= 4 is 11.3 Å². The highest BCUT2D eigenvalue weighted by molar-refractivity contribution is 7.12. The molecule has 2 aromatic rings. The van der Waals surface area contributed by atoms with Crippen LogP contribution in [-0.4, -0.2) is 18.1 Å². The number of likely N-dealkylation sites (N-methyl/N-ethyl adjacent to an activating group) is 1. The molecular weight excluding hydrogens is 276 g/mol. The molecule has 21 heavy (non-hydrogen) atoms. The van der Waals surface area contributed by atoms with Gasteiger partial charge in [-0.05, 0) is 24.8 Å². The third-order valence-electron chi connectivity index (χ3n) is 4.35. The monoisotopic (exact) mass is 300 g/mol. The predicted octanol–water partition coefficient (Wildman–Crippen LogP) is 4.48. The number of thiazole rings is 1. The normalized spacial score (nSPS) is 19.7. The van der Waals surface area contributed by atoms with Crippen LogP contribution in [-0.2, 0) is 6.42 Å². The van der Waals surface area contributed by atoms with Gasteiger partial charge in [0.15, 0.2) is 0 Å². The molecule has 1 aliphatic carbocycles. The Morgan fingerprint density at radius 2 is 2.00 bits per heavy atom. The van der Waals surface area contributed by atoms with Gasteiger partial charge in [0.05, 0.1) is 10.7 Å². The van der Waals surface area contributed by atoms with E-state index in [0.717, 1.165) is 19.5 Å². The van der Waals surface area contributed by atoms with E-state index in [1.54, 1.807) is 0 Å². The molecule has 0 saturated heterocycles. The van der Waals surface area contributed by atoms with Gasteiger partial charge in [0.25, 0.3) is 0 Å². The Bertz CT molecular complexity index is 601. The third-order valence-corrected chi connectivity index (χ3v) is 5.58. The van der Waals surface area contributed by atoms with E-state index in [0.29, 0.717) is 11.3 Å². The second-order valence-corrected chi connectivity index (χ2v) is 7.65. The van der Waals surface area contributed by atoms with E-state index in [-0.39, 0.29) is 0 Å². The van der Waals surface area contributed by atoms with Gasteiger partial charge >= 0.3 is 0 Å². The first-order valence-electron chi connectivity index (χ1n) is 7.87. The first kappa shape index (κ1) is 14.7. The van der Waals surface area contributed by atoms with Crippen LogP contribution < -0.4 is 5.32 Å². The molecule has 1 aliphatic rings. The molecule has 1 fully saturated rings. The van der Waals surface area contributed by atoms with Gasteiger partial charge in [0, 0.05) is 22.9 Å². The van der Waals surface area contributed by atoms with Gasteiger partial charge in [0.1, 0.15) is 0 Å². The molecule has 2 nitrogen and oxygen atoms in total. The highest BCUT2D eigenvalue weighted by atomic mass is 32.1. The number of hydrogen-bond acceptors (Lipinski definition) is 3. The second kappa shape index (κ2) is 5.90. The standard InChI is InChI=1S/C18H24N2S/c1-4-19-11-10-15-16(13-8-6-5-7-9-13)20-17(21-15)14-12-18(14,2)3/h5-9,14,19H,4,10-12H2,1-3H3. The van der Waals surface area contributed by atoms with Crippen molar-refractivity contribution in [3.8, 4) is 11.3 Å². The zero-order valence-corrected chi connectivity index (χ0v) is 14.0. The lowest BCUT2D eigenvalue weighted by molar-refractivity contribution is 0.620. The summed E-state index contributed by atoms with van der Waals surface area (Å²) in [5.74, 6) is 0.665. The summed E-state index contributed by atoms with van der Waals surface area (Å²) < 4.78 is 0. The van der Waals surface area contributed by atoms with Crippen molar-refractivity contribution in [3.05, 3.63) is 40.2 Å². The smallest absolute Gasteiger partial charge is 0.0971 e. The van der Waals surface area contributed by atoms with Crippen molar-refractivity contribution in [1.82, 2.24) is 10.3 Å². The maximum atomic E-state index is 5.01. The molecule has 1 unspecified atom stereocenters. The fourth-order valence-corrected chi connectivity index (χ4v) is 4.18. The number of nitrogens with one attached hydrogen (secondary N) is 1. The summed E-state index contributed by atoms with van der Waals surface area (Å²) in [5, 5.41) is 4.76. The van der Waals surface area contributed by atoms with Crippen LogP contribution in [0.4, 0.5) is 0 Å². The summed E-state index contributed by atoms with van der Waals surface area (Å²) in [6.07, 6.45) is 2.35. The molecule has 1 heterocycles. The molecular formula is C18H24N2S. The van der Waals surface area contributed by atoms with Crippen molar-refractivity contribution in [2.75, 3.05) is 13.1 Å². The first-order chi connectivity index (χ1) is 10.1. The average Bonchev–Trinajstić information content (AvgIpc) is 2.94. The zero-order valence-electron chi connectivity index (χ0n) is 13.1. The molecule has 1 N–H and O–H groups in total. The molecule has 1 saturated carbocycles. The molecule has 0 aliphatic heterocycles. The Morgan fingerprint density at radius 3 is 2.62 bits per heavy atom. The molecule has 0 amide bonds. The number of aromatic nitrogens is 1. The summed E-state index contributed by atoms with van der Waals surface area (Å²) in [6.45, 7) is 8.91. The summed E-state index contributed by atoms with van der Waals surface area (Å²) in [6, 6.07) is 10.6. The lowest BCUT2D eigenvalue weighted by atomic mass is 10.1. The van der Waals surface area contributed by atoms with Crippen LogP contribution in [0.15, 0.2) is 30.3 Å². The van der Waals surface area contributed by atoms with Crippen LogP contribution in [0, 0.1) is 5.41 Å². The highest BCUT2D eigenvalue weighted by Gasteiger charge is 2.48. The third kappa shape index (κ3) is 3.19. The van der Waals surface area contributed by atoms with E-state index in [2.05, 4.69) is 56.4 Å². The fourth-order valence-electron chi connectivity index (χ4n) is 2.78. The van der Waals surface area contributed by atoms with Gasteiger partial charge in [-0.2, -0.15) is 0 Å². The number of benzene rings is 1. The first-order valence-corrected chi connectivity index (χ1v) is 8.69. The fraction of sp³-hybridized carbons (Fsp3) is 0.500. The molecule has 3 rings (SSSR count). The van der Waals surface area contributed by atoms with Crippen molar-refractivity contribution < 1.29 is 0 Å². The van der Waals surface area contributed by atoms with Gasteiger partial charge in [-0.1, -0.05) is 51.1 Å². The molecule has 0 bridgehead atoms. The minimum atomic E-state index is 0.449. The predicted molar refractivity (Wildman–Crippen MR) is 90.9 cm³/mol. The Balaban J connectivity index is 1.89. The summed E-state index contributed by atoms with van der Waals surface area (Å²) in [7, 11) is 0. The minimum absolute atomic E-state index is 0.449. The number of nitrogens with zero attached hydrogens (tertiary/aromatic N) is 1. The lowest BCUT2D eigenvalue weighted by Gasteiger charge is -2.03. The van der Waals surface area contributed by atoms with E-state index in [4.69, 9.17) is 4.98 Å². The molecule has 3 heteroatoms. The molecule has 1 atom stereocenters. The van der Waals surface area contributed by atoms with Gasteiger partial charge in [-0.3, -0.25) is 0 Å². The quantitative estimate of drug-likeness (QED) is 0.796. The van der Waals surface area contributed by atoms with Crippen molar-refractivity contribution in [2.24, 2.45) is 5.41 Å². The van der Waals surface area contributed by atoms with Crippen LogP contribution in [0.25, 0.3) is 11.3 Å². The molecule has 0 radical (unpaired) electrons. The van der Waals surface area contributed by atoms with Crippen LogP contribution in [0.1, 0.15) is 43.0 Å². The van der Waals surface area contributed by atoms with Crippen LogP contribution >= 0.6 is 11.3 Å². The Kier molecular flexibility index (Phi) is 4.14. The molecule has 0 spiro atoms. The van der Waals surface area contributed by atoms with Crippen molar-refractivity contribution in [3.63, 3.8) is 0 Å². The van der Waals surface area contributed by atoms with Crippen molar-refractivity contribution in [1.29, 1.82) is 0 Å². The Labute approximate surface area is 131 Å². The van der Waals surface area contributed by atoms with E-state index in [9.17, 15) is 0 Å². The zero-order chi connectivity index (χ0) is 14.9. The average molecular weight is 300 g/mol. The maximum Gasteiger partial charge on any atom is 0.0971 e. The second-order valence-electron chi connectivity index (χ2n) is 6.54. The lowest BCUT2D eigenvalue weighted by Crippen LogP contribution is -2.15. The van der Waals surface area contributed by atoms with E-state index >= 15 is 0 Å². The van der Waals surface area contributed by atoms with E-state index < -0.39 is 0 Å². The maximum absolute atomic E-state index is 5.01. The highest BCUT2D eigenvalue weighted by Crippen LogP contribution is 2.59. The van der Waals surface area contributed by atoms with Crippen LogP contribution in [0.3, 0.4) is 0 Å². The van der Waals surface area contributed by atoms with E-state index in [1.807, 2.05) is 11.3 Å². The topological polar surface area (TPSA) is 24.9 Å². The summed E-state index contributed by atoms with van der Waals surface area (Å²) in [5.41, 5.74) is 2.91. The largest absolute Gasteiger partial charge is 0.317 e. The summed E-state index contributed by atoms with van der Waals surface area (Å²) in [4.78, 5) is 6.44. The molecule has 1 aromatic heterocycles. The van der Waals surface area contributed by atoms with Crippen LogP contribution in [0.5, 0.6) is 0 Å². The van der Waals surface area contributed by atoms with Crippen LogP contribution in [0.2, 0.25) is 0 Å². The SMILES string of the molecule is CCNCCc1sc(C2CC2(C)C)nc1-c1ccccc1. The summed E-state index contributed by atoms with van der Waals surface area (Å²) >= 11 is 1.93. The van der Waals surface area contributed by atoms with Gasteiger partial charge in [0.2, 0.25) is 0 Å². The van der Waals surface area contributed by atoms with Gasteiger partial charge in [-0.15, -0.1) is 11.3 Å². The minimum Gasteiger partial charge on any atom is -0.317 e. The van der Waals surface area contributed by atoms with Gasteiger partial charge < -0.3 is 5.32 Å². The molecule has 112 valence electrons.